The van der Waals surface area contributed by atoms with Crippen LogP contribution in [-0.4, -0.2) is 40.3 Å². The van der Waals surface area contributed by atoms with Gasteiger partial charge in [0.2, 0.25) is 5.75 Å². The third kappa shape index (κ3) is 4.03. The number of benzene rings is 2. The lowest BCUT2D eigenvalue weighted by Crippen LogP contribution is -2.24. The van der Waals surface area contributed by atoms with Gasteiger partial charge in [0.15, 0.2) is 11.5 Å². The molecule has 2 aromatic carbocycles. The highest BCUT2D eigenvalue weighted by Crippen LogP contribution is 2.41. The van der Waals surface area contributed by atoms with Crippen LogP contribution < -0.4 is 19.1 Å². The maximum atomic E-state index is 13.5. The van der Waals surface area contributed by atoms with Crippen LogP contribution in [0.15, 0.2) is 47.2 Å². The Morgan fingerprint density at radius 1 is 0.969 bits per heavy atom. The summed E-state index contributed by atoms with van der Waals surface area (Å²) in [7, 11) is 5.78. The summed E-state index contributed by atoms with van der Waals surface area (Å²) >= 11 is 6.28. The maximum absolute atomic E-state index is 13.5. The fraction of sp³-hybridized carbons (Fsp3) is 0.250. The fourth-order valence-corrected chi connectivity index (χ4v) is 3.74. The number of anilines is 1. The lowest BCUT2D eigenvalue weighted by Gasteiger charge is -2.18. The van der Waals surface area contributed by atoms with Gasteiger partial charge in [0.25, 0.3) is 5.91 Å². The van der Waals surface area contributed by atoms with Crippen molar-refractivity contribution in [2.75, 3.05) is 33.3 Å². The molecule has 1 aliphatic rings. The quantitative estimate of drug-likeness (QED) is 0.468. The summed E-state index contributed by atoms with van der Waals surface area (Å²) in [5.74, 6) is 0.274. The molecule has 7 nitrogen and oxygen atoms in total. The Kier molecular flexibility index (Phi) is 6.79. The molecule has 2 aromatic rings. The summed E-state index contributed by atoms with van der Waals surface area (Å²) in [4.78, 5) is 27.5. The first-order valence-corrected chi connectivity index (χ1v) is 10.1. The SMILES string of the molecule is COC(=O)C1=C(C)N(c2ccc(C)c(Cl)c2)C(=O)C1=Cc1cc(OC)c(OC)c(OC)c1. The van der Waals surface area contributed by atoms with E-state index in [4.69, 9.17) is 30.5 Å². The van der Waals surface area contributed by atoms with Gasteiger partial charge in [-0.15, -0.1) is 0 Å². The number of nitrogens with zero attached hydrogens (tertiary/aromatic N) is 1. The largest absolute Gasteiger partial charge is 0.493 e. The minimum Gasteiger partial charge on any atom is -0.493 e. The van der Waals surface area contributed by atoms with Gasteiger partial charge in [0, 0.05) is 10.7 Å². The van der Waals surface area contributed by atoms with Crippen molar-refractivity contribution >= 4 is 35.2 Å². The molecular weight excluding hydrogens is 434 g/mol. The standard InChI is InChI=1S/C24H24ClNO6/c1-13-7-8-16(12-18(13)25)26-14(2)21(24(28)32-6)17(23(26)27)9-15-10-19(29-3)22(31-5)20(11-15)30-4/h7-12H,1-6H3. The van der Waals surface area contributed by atoms with Crippen LogP contribution in [0.25, 0.3) is 6.08 Å². The molecule has 1 amide bonds. The molecule has 0 N–H and O–H groups in total. The first kappa shape index (κ1) is 23.2. The van der Waals surface area contributed by atoms with Crippen molar-refractivity contribution < 1.29 is 28.5 Å². The van der Waals surface area contributed by atoms with E-state index in [2.05, 4.69) is 0 Å². The van der Waals surface area contributed by atoms with E-state index in [1.165, 1.54) is 33.3 Å². The molecule has 0 saturated heterocycles. The minimum absolute atomic E-state index is 0.169. The predicted molar refractivity (Wildman–Crippen MR) is 122 cm³/mol. The van der Waals surface area contributed by atoms with Gasteiger partial charge < -0.3 is 18.9 Å². The van der Waals surface area contributed by atoms with Gasteiger partial charge in [-0.05, 0) is 55.3 Å². The number of hydrogen-bond acceptors (Lipinski definition) is 6. The van der Waals surface area contributed by atoms with Crippen molar-refractivity contribution in [1.29, 1.82) is 0 Å². The lowest BCUT2D eigenvalue weighted by atomic mass is 10.0. The van der Waals surface area contributed by atoms with Crippen molar-refractivity contribution in [2.24, 2.45) is 0 Å². The molecular formula is C24H24ClNO6. The maximum Gasteiger partial charge on any atom is 0.340 e. The minimum atomic E-state index is -0.616. The van der Waals surface area contributed by atoms with Gasteiger partial charge in [-0.3, -0.25) is 9.69 Å². The molecule has 1 heterocycles. The summed E-state index contributed by atoms with van der Waals surface area (Å²) < 4.78 is 21.1. The Morgan fingerprint density at radius 2 is 1.59 bits per heavy atom. The summed E-state index contributed by atoms with van der Waals surface area (Å²) in [6.07, 6.45) is 1.60. The molecule has 168 valence electrons. The normalized spacial score (nSPS) is 14.8. The third-order valence-corrected chi connectivity index (χ3v) is 5.61. The summed E-state index contributed by atoms with van der Waals surface area (Å²) in [6, 6.07) is 8.67. The van der Waals surface area contributed by atoms with Crippen LogP contribution in [0.2, 0.25) is 5.02 Å². The van der Waals surface area contributed by atoms with Crippen LogP contribution in [0.5, 0.6) is 17.2 Å². The molecule has 0 unspecified atom stereocenters. The molecule has 0 fully saturated rings. The van der Waals surface area contributed by atoms with Crippen LogP contribution in [0.4, 0.5) is 5.69 Å². The van der Waals surface area contributed by atoms with Crippen LogP contribution >= 0.6 is 11.6 Å². The van der Waals surface area contributed by atoms with Crippen molar-refractivity contribution in [3.63, 3.8) is 0 Å². The second-order valence-corrected chi connectivity index (χ2v) is 7.45. The molecule has 0 spiro atoms. The number of halogens is 1. The number of rotatable bonds is 6. The molecule has 0 aromatic heterocycles. The van der Waals surface area contributed by atoms with Crippen molar-refractivity contribution in [2.45, 2.75) is 13.8 Å². The molecule has 0 aliphatic carbocycles. The smallest absolute Gasteiger partial charge is 0.340 e. The average molecular weight is 458 g/mol. The van der Waals surface area contributed by atoms with Gasteiger partial charge in [-0.1, -0.05) is 17.7 Å². The second-order valence-electron chi connectivity index (χ2n) is 7.04. The van der Waals surface area contributed by atoms with Crippen molar-refractivity contribution in [1.82, 2.24) is 0 Å². The van der Waals surface area contributed by atoms with Crippen molar-refractivity contribution in [3.8, 4) is 17.2 Å². The molecule has 3 rings (SSSR count). The van der Waals surface area contributed by atoms with Gasteiger partial charge >= 0.3 is 5.97 Å². The van der Waals surface area contributed by atoms with Crippen LogP contribution in [0, 0.1) is 6.92 Å². The van der Waals surface area contributed by atoms with Crippen molar-refractivity contribution in [3.05, 3.63) is 63.3 Å². The Morgan fingerprint density at radius 3 is 2.09 bits per heavy atom. The monoisotopic (exact) mass is 457 g/mol. The first-order valence-electron chi connectivity index (χ1n) is 9.69. The van der Waals surface area contributed by atoms with Gasteiger partial charge in [0.05, 0.1) is 45.3 Å². The van der Waals surface area contributed by atoms with Gasteiger partial charge in [-0.25, -0.2) is 4.79 Å². The molecule has 0 radical (unpaired) electrons. The number of esters is 1. The number of amides is 1. The predicted octanol–water partition coefficient (Wildman–Crippen LogP) is 4.55. The fourth-order valence-electron chi connectivity index (χ4n) is 3.56. The molecule has 8 heteroatoms. The van der Waals surface area contributed by atoms with E-state index in [0.717, 1.165) is 5.56 Å². The third-order valence-electron chi connectivity index (χ3n) is 5.20. The number of ether oxygens (including phenoxy) is 4. The van der Waals surface area contributed by atoms with E-state index in [9.17, 15) is 9.59 Å². The zero-order valence-electron chi connectivity index (χ0n) is 18.7. The van der Waals surface area contributed by atoms with Crippen LogP contribution in [0.1, 0.15) is 18.1 Å². The molecule has 1 aliphatic heterocycles. The average Bonchev–Trinajstić information content (AvgIpc) is 3.03. The Labute approximate surface area is 191 Å². The summed E-state index contributed by atoms with van der Waals surface area (Å²) in [5.41, 5.74) is 2.81. The summed E-state index contributed by atoms with van der Waals surface area (Å²) in [5, 5.41) is 0.518. The highest BCUT2D eigenvalue weighted by Gasteiger charge is 2.38. The number of allylic oxidation sites excluding steroid dienone is 1. The Balaban J connectivity index is 2.19. The topological polar surface area (TPSA) is 74.3 Å². The Bertz CT molecular complexity index is 1130. The zero-order chi connectivity index (χ0) is 23.6. The molecule has 0 saturated carbocycles. The number of hydrogen-bond donors (Lipinski definition) is 0. The van der Waals surface area contributed by atoms with E-state index >= 15 is 0 Å². The van der Waals surface area contributed by atoms with E-state index in [-0.39, 0.29) is 17.1 Å². The highest BCUT2D eigenvalue weighted by atomic mass is 35.5. The Hall–Kier alpha value is -3.45. The van der Waals surface area contributed by atoms with Crippen LogP contribution in [-0.2, 0) is 14.3 Å². The first-order chi connectivity index (χ1) is 15.3. The van der Waals surface area contributed by atoms with Gasteiger partial charge in [-0.2, -0.15) is 0 Å². The van der Waals surface area contributed by atoms with E-state index in [0.29, 0.717) is 39.2 Å². The number of carbonyl (C=O) groups excluding carboxylic acids is 2. The number of carbonyl (C=O) groups is 2. The highest BCUT2D eigenvalue weighted by molar-refractivity contribution is 6.32. The van der Waals surface area contributed by atoms with Crippen LogP contribution in [0.3, 0.4) is 0 Å². The van der Waals surface area contributed by atoms with E-state index in [1.807, 2.05) is 13.0 Å². The lowest BCUT2D eigenvalue weighted by molar-refractivity contribution is -0.136. The summed E-state index contributed by atoms with van der Waals surface area (Å²) in [6.45, 7) is 3.56. The van der Waals surface area contributed by atoms with E-state index in [1.54, 1.807) is 37.3 Å². The molecule has 32 heavy (non-hydrogen) atoms. The van der Waals surface area contributed by atoms with E-state index < -0.39 is 5.97 Å². The number of methoxy groups -OCH3 is 4. The molecule has 0 bridgehead atoms. The van der Waals surface area contributed by atoms with Gasteiger partial charge in [0.1, 0.15) is 0 Å². The second kappa shape index (κ2) is 9.36. The zero-order valence-corrected chi connectivity index (χ0v) is 19.5. The number of aryl methyl sites for hydroxylation is 1. The molecule has 0 atom stereocenters.